The minimum atomic E-state index is -2.61. The maximum atomic E-state index is 12.8. The third kappa shape index (κ3) is 1.68. The van der Waals surface area contributed by atoms with Crippen molar-refractivity contribution in [2.45, 2.75) is 5.92 Å². The van der Waals surface area contributed by atoms with Crippen LogP contribution in [0.15, 0.2) is 24.4 Å². The largest absolute Gasteiger partial charge is 0.364 e. The number of nitrogens with zero attached hydrogens (tertiary/aromatic N) is 3. The summed E-state index contributed by atoms with van der Waals surface area (Å²) in [6.07, 6.45) is 1.61. The Balaban J connectivity index is 1.94. The zero-order valence-corrected chi connectivity index (χ0v) is 9.31. The number of nitrogens with two attached hydrogens (primary N) is 1. The van der Waals surface area contributed by atoms with Crippen LogP contribution >= 0.6 is 0 Å². The second-order valence-electron chi connectivity index (χ2n) is 4.36. The Labute approximate surface area is 101 Å². The normalized spacial score (nSPS) is 17.8. The Morgan fingerprint density at radius 3 is 2.72 bits per heavy atom. The highest BCUT2D eigenvalue weighted by atomic mass is 19.3. The maximum Gasteiger partial charge on any atom is 0.282 e. The predicted octanol–water partition coefficient (Wildman–Crippen LogP) is 0.888. The SMILES string of the molecule is NC(=O)c1cc2ccc(N3CC(F)(F)C3)cn2n1. The van der Waals surface area contributed by atoms with Crippen LogP contribution in [0, 0.1) is 0 Å². The molecule has 0 saturated carbocycles. The van der Waals surface area contributed by atoms with Crippen LogP contribution in [0.3, 0.4) is 0 Å². The Hall–Kier alpha value is -2.18. The summed E-state index contributed by atoms with van der Waals surface area (Å²) in [5.41, 5.74) is 6.62. The molecule has 1 aliphatic rings. The molecular weight excluding hydrogens is 242 g/mol. The van der Waals surface area contributed by atoms with Gasteiger partial charge in [0.2, 0.25) is 0 Å². The molecule has 0 spiro atoms. The molecule has 0 aromatic carbocycles. The minimum Gasteiger partial charge on any atom is -0.364 e. The topological polar surface area (TPSA) is 63.6 Å². The molecule has 7 heteroatoms. The van der Waals surface area contributed by atoms with Gasteiger partial charge in [-0.05, 0) is 18.2 Å². The quantitative estimate of drug-likeness (QED) is 0.863. The molecule has 2 aromatic heterocycles. The van der Waals surface area contributed by atoms with E-state index in [1.165, 1.54) is 4.52 Å². The molecule has 2 aromatic rings. The summed E-state index contributed by atoms with van der Waals surface area (Å²) < 4.78 is 27.0. The molecule has 0 radical (unpaired) electrons. The van der Waals surface area contributed by atoms with Crippen molar-refractivity contribution in [2.24, 2.45) is 5.73 Å². The number of halogens is 2. The van der Waals surface area contributed by atoms with Crippen LogP contribution < -0.4 is 10.6 Å². The fraction of sp³-hybridized carbons (Fsp3) is 0.273. The van der Waals surface area contributed by atoms with Gasteiger partial charge < -0.3 is 10.6 Å². The second kappa shape index (κ2) is 3.41. The van der Waals surface area contributed by atoms with E-state index in [1.807, 2.05) is 0 Å². The molecule has 2 N–H and O–H groups in total. The number of anilines is 1. The summed E-state index contributed by atoms with van der Waals surface area (Å²) in [6, 6.07) is 4.99. The van der Waals surface area contributed by atoms with Gasteiger partial charge in [-0.3, -0.25) is 4.79 Å². The van der Waals surface area contributed by atoms with Crippen LogP contribution in [0.1, 0.15) is 10.5 Å². The molecule has 1 saturated heterocycles. The van der Waals surface area contributed by atoms with Gasteiger partial charge in [-0.2, -0.15) is 5.10 Å². The van der Waals surface area contributed by atoms with Crippen LogP contribution in [0.2, 0.25) is 0 Å². The number of alkyl halides is 2. The smallest absolute Gasteiger partial charge is 0.282 e. The van der Waals surface area contributed by atoms with Gasteiger partial charge in [-0.1, -0.05) is 0 Å². The van der Waals surface area contributed by atoms with E-state index in [4.69, 9.17) is 5.73 Å². The fourth-order valence-corrected chi connectivity index (χ4v) is 1.98. The van der Waals surface area contributed by atoms with Crippen molar-refractivity contribution in [3.8, 4) is 0 Å². The number of primary amides is 1. The Morgan fingerprint density at radius 2 is 2.11 bits per heavy atom. The van der Waals surface area contributed by atoms with E-state index in [-0.39, 0.29) is 18.8 Å². The third-order valence-electron chi connectivity index (χ3n) is 2.91. The zero-order valence-electron chi connectivity index (χ0n) is 9.31. The van der Waals surface area contributed by atoms with Crippen molar-refractivity contribution in [2.75, 3.05) is 18.0 Å². The zero-order chi connectivity index (χ0) is 12.9. The summed E-state index contributed by atoms with van der Waals surface area (Å²) in [6.45, 7) is -0.578. The average molecular weight is 252 g/mol. The highest BCUT2D eigenvalue weighted by molar-refractivity contribution is 5.92. The number of amides is 1. The van der Waals surface area contributed by atoms with Crippen molar-refractivity contribution in [1.29, 1.82) is 0 Å². The van der Waals surface area contributed by atoms with E-state index in [0.29, 0.717) is 11.2 Å². The standard InChI is InChI=1S/C11H10F2N4O/c12-11(13)5-16(6-11)8-2-1-7-3-9(10(14)18)15-17(7)4-8/h1-4H,5-6H2,(H2,14,18). The molecule has 1 aliphatic heterocycles. The molecule has 1 fully saturated rings. The molecule has 0 bridgehead atoms. The van der Waals surface area contributed by atoms with Crippen molar-refractivity contribution < 1.29 is 13.6 Å². The van der Waals surface area contributed by atoms with Crippen molar-refractivity contribution in [3.63, 3.8) is 0 Å². The summed E-state index contributed by atoms with van der Waals surface area (Å²) in [7, 11) is 0. The van der Waals surface area contributed by atoms with Crippen LogP contribution in [-0.4, -0.2) is 34.5 Å². The Bertz CT molecular complexity index is 629. The number of pyridine rings is 1. The van der Waals surface area contributed by atoms with Gasteiger partial charge >= 0.3 is 0 Å². The van der Waals surface area contributed by atoms with Gasteiger partial charge in [0, 0.05) is 0 Å². The fourth-order valence-electron chi connectivity index (χ4n) is 1.98. The number of hydrogen-bond donors (Lipinski definition) is 1. The van der Waals surface area contributed by atoms with E-state index < -0.39 is 11.8 Å². The number of fused-ring (bicyclic) bond motifs is 1. The van der Waals surface area contributed by atoms with E-state index in [1.54, 1.807) is 29.3 Å². The molecule has 0 atom stereocenters. The van der Waals surface area contributed by atoms with Crippen molar-refractivity contribution in [3.05, 3.63) is 30.1 Å². The molecule has 94 valence electrons. The Morgan fingerprint density at radius 1 is 1.39 bits per heavy atom. The summed E-state index contributed by atoms with van der Waals surface area (Å²) in [4.78, 5) is 12.5. The molecule has 0 aliphatic carbocycles. The van der Waals surface area contributed by atoms with E-state index in [2.05, 4.69) is 5.10 Å². The lowest BCUT2D eigenvalue weighted by molar-refractivity contribution is -0.0263. The van der Waals surface area contributed by atoms with Crippen LogP contribution in [-0.2, 0) is 0 Å². The number of carbonyl (C=O) groups is 1. The number of rotatable bonds is 2. The predicted molar refractivity (Wildman–Crippen MR) is 60.9 cm³/mol. The van der Waals surface area contributed by atoms with Gasteiger partial charge in [0.05, 0.1) is 30.5 Å². The first kappa shape index (κ1) is 10.9. The number of carbonyl (C=O) groups excluding carboxylic acids is 1. The average Bonchev–Trinajstić information content (AvgIpc) is 2.68. The summed E-state index contributed by atoms with van der Waals surface area (Å²) in [5, 5.41) is 3.98. The van der Waals surface area contributed by atoms with Crippen LogP contribution in [0.25, 0.3) is 5.52 Å². The number of hydrogen-bond acceptors (Lipinski definition) is 3. The van der Waals surface area contributed by atoms with E-state index >= 15 is 0 Å². The van der Waals surface area contributed by atoms with E-state index in [0.717, 1.165) is 0 Å². The third-order valence-corrected chi connectivity index (χ3v) is 2.91. The van der Waals surface area contributed by atoms with Crippen molar-refractivity contribution >= 4 is 17.1 Å². The first-order chi connectivity index (χ1) is 8.44. The van der Waals surface area contributed by atoms with Gasteiger partial charge in [-0.15, -0.1) is 0 Å². The molecule has 0 unspecified atom stereocenters. The lowest BCUT2D eigenvalue weighted by Gasteiger charge is -2.40. The lowest BCUT2D eigenvalue weighted by atomic mass is 10.1. The first-order valence-corrected chi connectivity index (χ1v) is 5.37. The van der Waals surface area contributed by atoms with Gasteiger partial charge in [0.25, 0.3) is 11.8 Å². The molecular formula is C11H10F2N4O. The van der Waals surface area contributed by atoms with Gasteiger partial charge in [-0.25, -0.2) is 13.3 Å². The highest BCUT2D eigenvalue weighted by Crippen LogP contribution is 2.31. The molecule has 18 heavy (non-hydrogen) atoms. The van der Waals surface area contributed by atoms with Crippen LogP contribution in [0.5, 0.6) is 0 Å². The summed E-state index contributed by atoms with van der Waals surface area (Å²) >= 11 is 0. The van der Waals surface area contributed by atoms with Crippen molar-refractivity contribution in [1.82, 2.24) is 9.61 Å². The molecule has 3 heterocycles. The van der Waals surface area contributed by atoms with Gasteiger partial charge in [0.1, 0.15) is 0 Å². The Kier molecular flexibility index (Phi) is 2.07. The molecule has 5 nitrogen and oxygen atoms in total. The monoisotopic (exact) mass is 252 g/mol. The molecule has 1 amide bonds. The first-order valence-electron chi connectivity index (χ1n) is 5.37. The number of aromatic nitrogens is 2. The summed E-state index contributed by atoms with van der Waals surface area (Å²) in [5.74, 6) is -3.23. The minimum absolute atomic E-state index is 0.154. The van der Waals surface area contributed by atoms with E-state index in [9.17, 15) is 13.6 Å². The maximum absolute atomic E-state index is 12.8. The molecule has 3 rings (SSSR count). The van der Waals surface area contributed by atoms with Crippen LogP contribution in [0.4, 0.5) is 14.5 Å². The second-order valence-corrected chi connectivity index (χ2v) is 4.36. The highest BCUT2D eigenvalue weighted by Gasteiger charge is 2.44. The lowest BCUT2D eigenvalue weighted by Crippen LogP contribution is -2.56. The van der Waals surface area contributed by atoms with Gasteiger partial charge in [0.15, 0.2) is 5.69 Å².